The minimum absolute atomic E-state index is 0.790. The second-order valence-corrected chi connectivity index (χ2v) is 9.22. The third-order valence-corrected chi connectivity index (χ3v) is 5.93. The molecule has 35 heavy (non-hydrogen) atoms. The minimum atomic E-state index is 0.790. The van der Waals surface area contributed by atoms with Crippen molar-refractivity contribution in [2.45, 2.75) is 65.7 Å². The summed E-state index contributed by atoms with van der Waals surface area (Å²) in [7, 11) is 1.50. The van der Waals surface area contributed by atoms with Crippen LogP contribution in [0.1, 0.15) is 78.8 Å². The maximum atomic E-state index is 5.97. The molecule has 2 aliphatic carbocycles. The van der Waals surface area contributed by atoms with Gasteiger partial charge in [-0.1, -0.05) is 117 Å². The molecule has 0 bridgehead atoms. The van der Waals surface area contributed by atoms with Crippen molar-refractivity contribution >= 4 is 17.8 Å². The van der Waals surface area contributed by atoms with E-state index in [1.54, 1.807) is 0 Å². The zero-order chi connectivity index (χ0) is 26.2. The lowest BCUT2D eigenvalue weighted by atomic mass is 9.93. The van der Waals surface area contributed by atoms with Crippen molar-refractivity contribution in [3.63, 3.8) is 0 Å². The van der Waals surface area contributed by atoms with E-state index in [-0.39, 0.29) is 0 Å². The van der Waals surface area contributed by atoms with E-state index in [4.69, 9.17) is 5.73 Å². The number of nitrogens with two attached hydrogens (primary N) is 2. The fraction of sp³-hybridized carbons (Fsp3) is 0.333. The topological polar surface area (TPSA) is 52.0 Å². The average Bonchev–Trinajstić information content (AvgIpc) is 2.87. The van der Waals surface area contributed by atoms with Gasteiger partial charge in [-0.15, -0.1) is 0 Å². The number of benzene rings is 2. The molecule has 1 fully saturated rings. The molecular formula is C33H46N2. The molecule has 188 valence electrons. The van der Waals surface area contributed by atoms with Gasteiger partial charge >= 0.3 is 0 Å². The van der Waals surface area contributed by atoms with E-state index in [0.29, 0.717) is 0 Å². The minimum Gasteiger partial charge on any atom is -0.398 e. The van der Waals surface area contributed by atoms with Gasteiger partial charge in [0.25, 0.3) is 0 Å². The Kier molecular flexibility index (Phi) is 14.1. The summed E-state index contributed by atoms with van der Waals surface area (Å²) < 4.78 is 0. The normalized spacial score (nSPS) is 14.1. The standard InChI is InChI=1S/C13H17N.C13H12.C6H12.CH5N/c1-9(2)7-13(14)12-8-10(3)5-6-11(12)4;1-3-11-5-7-12-8-10(2)4-6-13(12)9-11;1-2-4-6-5-3-1;1-2/h5-8H,1,14H2,2-4H3;3-7,9H,1-2,8H2;1-6H2;2H2,1H3/b13-7+;;;. The largest absolute Gasteiger partial charge is 0.398 e. The second-order valence-electron chi connectivity index (χ2n) is 9.22. The molecule has 0 spiro atoms. The van der Waals surface area contributed by atoms with Crippen LogP contribution in [0.2, 0.25) is 0 Å². The predicted molar refractivity (Wildman–Crippen MR) is 159 cm³/mol. The molecule has 2 nitrogen and oxygen atoms in total. The van der Waals surface area contributed by atoms with E-state index in [1.165, 1.54) is 79.0 Å². The molecule has 0 amide bonds. The Labute approximate surface area is 214 Å². The van der Waals surface area contributed by atoms with Gasteiger partial charge in [-0.25, -0.2) is 0 Å². The summed E-state index contributed by atoms with van der Waals surface area (Å²) in [5, 5.41) is 0. The second kappa shape index (κ2) is 16.5. The first-order valence-electron chi connectivity index (χ1n) is 12.7. The number of rotatable bonds is 3. The summed E-state index contributed by atoms with van der Waals surface area (Å²) in [5.74, 6) is 0. The molecule has 2 aliphatic rings. The van der Waals surface area contributed by atoms with E-state index in [1.807, 2.05) is 19.1 Å². The number of hydrogen-bond donors (Lipinski definition) is 2. The molecule has 4 rings (SSSR count). The van der Waals surface area contributed by atoms with Crippen LogP contribution in [-0.2, 0) is 6.42 Å². The van der Waals surface area contributed by atoms with Gasteiger partial charge in [-0.05, 0) is 74.7 Å². The molecule has 0 atom stereocenters. The summed E-state index contributed by atoms with van der Waals surface area (Å²) in [5.41, 5.74) is 20.8. The summed E-state index contributed by atoms with van der Waals surface area (Å²) in [6.07, 6.45) is 18.0. The van der Waals surface area contributed by atoms with Crippen LogP contribution in [0.4, 0.5) is 0 Å². The van der Waals surface area contributed by atoms with Crippen molar-refractivity contribution in [3.8, 4) is 0 Å². The molecule has 0 aromatic heterocycles. The van der Waals surface area contributed by atoms with Gasteiger partial charge < -0.3 is 11.5 Å². The smallest absolute Gasteiger partial charge is 0.0392 e. The van der Waals surface area contributed by atoms with Gasteiger partial charge in [-0.2, -0.15) is 0 Å². The summed E-state index contributed by atoms with van der Waals surface area (Å²) in [6, 6.07) is 12.7. The van der Waals surface area contributed by atoms with Crippen molar-refractivity contribution < 1.29 is 0 Å². The molecule has 0 aliphatic heterocycles. The van der Waals surface area contributed by atoms with Crippen molar-refractivity contribution in [1.82, 2.24) is 0 Å². The van der Waals surface area contributed by atoms with Crippen LogP contribution in [0.15, 0.2) is 79.4 Å². The number of allylic oxidation sites excluding steroid dienone is 4. The first kappa shape index (κ1) is 29.9. The summed E-state index contributed by atoms with van der Waals surface area (Å²) in [4.78, 5) is 0. The Balaban J connectivity index is 0.000000270. The molecular weight excluding hydrogens is 424 g/mol. The lowest BCUT2D eigenvalue weighted by molar-refractivity contribution is 0.504. The molecule has 2 aromatic carbocycles. The van der Waals surface area contributed by atoms with Crippen LogP contribution in [0.25, 0.3) is 17.8 Å². The lowest BCUT2D eigenvalue weighted by Crippen LogP contribution is -1.99. The van der Waals surface area contributed by atoms with Gasteiger partial charge in [0, 0.05) is 11.3 Å². The van der Waals surface area contributed by atoms with Gasteiger partial charge in [0.05, 0.1) is 0 Å². The highest BCUT2D eigenvalue weighted by Gasteiger charge is 2.06. The molecule has 2 heteroatoms. The van der Waals surface area contributed by atoms with Gasteiger partial charge in [0.15, 0.2) is 0 Å². The molecule has 0 unspecified atom stereocenters. The maximum Gasteiger partial charge on any atom is 0.0392 e. The maximum absolute atomic E-state index is 5.97. The molecule has 0 heterocycles. The molecule has 0 radical (unpaired) electrons. The van der Waals surface area contributed by atoms with E-state index < -0.39 is 0 Å². The molecule has 2 aromatic rings. The van der Waals surface area contributed by atoms with Crippen LogP contribution in [0, 0.1) is 13.8 Å². The average molecular weight is 471 g/mol. The molecule has 0 saturated heterocycles. The number of fused-ring (bicyclic) bond motifs is 1. The van der Waals surface area contributed by atoms with Crippen LogP contribution < -0.4 is 11.5 Å². The lowest BCUT2D eigenvalue weighted by Gasteiger charge is -2.12. The fourth-order valence-electron chi connectivity index (χ4n) is 4.02. The first-order valence-corrected chi connectivity index (χ1v) is 12.7. The third kappa shape index (κ3) is 11.2. The zero-order valence-electron chi connectivity index (χ0n) is 22.5. The van der Waals surface area contributed by atoms with Crippen molar-refractivity contribution in [2.75, 3.05) is 7.05 Å². The fourth-order valence-corrected chi connectivity index (χ4v) is 4.02. The zero-order valence-corrected chi connectivity index (χ0v) is 22.5. The Morgan fingerprint density at radius 1 is 0.886 bits per heavy atom. The van der Waals surface area contributed by atoms with Crippen LogP contribution in [0.5, 0.6) is 0 Å². The highest BCUT2D eigenvalue weighted by molar-refractivity contribution is 5.68. The predicted octanol–water partition coefficient (Wildman–Crippen LogP) is 8.55. The van der Waals surface area contributed by atoms with Gasteiger partial charge in [0.1, 0.15) is 0 Å². The van der Waals surface area contributed by atoms with Crippen LogP contribution >= 0.6 is 0 Å². The number of aryl methyl sites for hydroxylation is 2. The summed E-state index contributed by atoms with van der Waals surface area (Å²) in [6.45, 7) is 17.6. The van der Waals surface area contributed by atoms with E-state index in [0.717, 1.165) is 23.3 Å². The van der Waals surface area contributed by atoms with E-state index >= 15 is 0 Å². The van der Waals surface area contributed by atoms with Crippen molar-refractivity contribution in [1.29, 1.82) is 0 Å². The molecule has 1 saturated carbocycles. The molecule has 4 N–H and O–H groups in total. The van der Waals surface area contributed by atoms with E-state index in [2.05, 4.69) is 87.9 Å². The monoisotopic (exact) mass is 470 g/mol. The Morgan fingerprint density at radius 2 is 1.49 bits per heavy atom. The van der Waals surface area contributed by atoms with Crippen molar-refractivity contribution in [3.05, 3.63) is 113 Å². The Morgan fingerprint density at radius 3 is 2.03 bits per heavy atom. The quantitative estimate of drug-likeness (QED) is 0.441. The van der Waals surface area contributed by atoms with Crippen LogP contribution in [0.3, 0.4) is 0 Å². The van der Waals surface area contributed by atoms with Gasteiger partial charge in [-0.3, -0.25) is 0 Å². The van der Waals surface area contributed by atoms with Gasteiger partial charge in [0.2, 0.25) is 0 Å². The first-order chi connectivity index (χ1) is 16.8. The Hall–Kier alpha value is -3.10. The highest BCUT2D eigenvalue weighted by Crippen LogP contribution is 2.23. The van der Waals surface area contributed by atoms with Crippen LogP contribution in [-0.4, -0.2) is 7.05 Å². The Bertz CT molecular complexity index is 1020. The number of hydrogen-bond acceptors (Lipinski definition) is 2. The van der Waals surface area contributed by atoms with Crippen molar-refractivity contribution in [2.24, 2.45) is 11.5 Å². The summed E-state index contributed by atoms with van der Waals surface area (Å²) >= 11 is 0. The highest BCUT2D eigenvalue weighted by atomic mass is 14.6. The van der Waals surface area contributed by atoms with E-state index in [9.17, 15) is 0 Å². The SMILES string of the molecule is C1CCCCC1.C=C(C)/C=C(/N)c1cc(C)ccc1C.C=Cc1ccc2c(c1)C=CC(=C)C2.CN. The third-order valence-electron chi connectivity index (χ3n) is 5.93.